The summed E-state index contributed by atoms with van der Waals surface area (Å²) in [4.78, 5) is 5.22. The third kappa shape index (κ3) is 11.4. The Morgan fingerprint density at radius 1 is 0.562 bits per heavy atom. The van der Waals surface area contributed by atoms with Gasteiger partial charge in [-0.05, 0) is 24.8 Å². The molecule has 2 heteroatoms. The molecule has 0 fully saturated rings. The van der Waals surface area contributed by atoms with E-state index >= 15 is 0 Å². The van der Waals surface area contributed by atoms with E-state index in [0.29, 0.717) is 6.17 Å². The lowest BCUT2D eigenvalue weighted by Gasteiger charge is -2.33. The topological polar surface area (TPSA) is 6.48 Å². The van der Waals surface area contributed by atoms with Crippen LogP contribution in [0.2, 0.25) is 0 Å². The van der Waals surface area contributed by atoms with Crippen LogP contribution < -0.4 is 0 Å². The van der Waals surface area contributed by atoms with Gasteiger partial charge in [0, 0.05) is 25.5 Å². The van der Waals surface area contributed by atoms with E-state index in [2.05, 4.69) is 66.4 Å². The van der Waals surface area contributed by atoms with Crippen molar-refractivity contribution in [2.24, 2.45) is 0 Å². The molecule has 1 unspecified atom stereocenters. The van der Waals surface area contributed by atoms with E-state index in [4.69, 9.17) is 0 Å². The Morgan fingerprint density at radius 2 is 1.06 bits per heavy atom. The van der Waals surface area contributed by atoms with Gasteiger partial charge in [-0.15, -0.1) is 0 Å². The van der Waals surface area contributed by atoms with E-state index in [-0.39, 0.29) is 0 Å². The van der Waals surface area contributed by atoms with Crippen LogP contribution in [0.4, 0.5) is 0 Å². The molecule has 1 atom stereocenters. The van der Waals surface area contributed by atoms with Crippen molar-refractivity contribution in [1.29, 1.82) is 0 Å². The second kappa shape index (κ2) is 18.0. The maximum atomic E-state index is 2.64. The molecular weight excluding hydrogens is 388 g/mol. The number of benzene rings is 1. The Labute approximate surface area is 200 Å². The quantitative estimate of drug-likeness (QED) is 0.186. The van der Waals surface area contributed by atoms with Crippen LogP contribution in [0, 0.1) is 0 Å². The third-order valence-corrected chi connectivity index (χ3v) is 7.01. The molecule has 0 N–H and O–H groups in total. The molecule has 0 aromatic heterocycles. The average molecular weight is 441 g/mol. The van der Waals surface area contributed by atoms with Crippen LogP contribution >= 0.6 is 0 Å². The first-order chi connectivity index (χ1) is 15.8. The predicted octanol–water partition coefficient (Wildman–Crippen LogP) is 9.27. The molecule has 1 heterocycles. The van der Waals surface area contributed by atoms with Crippen LogP contribution in [0.25, 0.3) is 0 Å². The normalized spacial score (nSPS) is 15.8. The second-order valence-corrected chi connectivity index (χ2v) is 9.91. The lowest BCUT2D eigenvalue weighted by Crippen LogP contribution is -2.38. The monoisotopic (exact) mass is 440 g/mol. The largest absolute Gasteiger partial charge is 0.356 e. The first-order valence-corrected chi connectivity index (χ1v) is 14.1. The van der Waals surface area contributed by atoms with Gasteiger partial charge in [-0.2, -0.15) is 0 Å². The molecule has 1 aromatic rings. The zero-order valence-corrected chi connectivity index (χ0v) is 21.4. The Bertz CT molecular complexity index is 567. The summed E-state index contributed by atoms with van der Waals surface area (Å²) in [5.74, 6) is 0. The van der Waals surface area contributed by atoms with E-state index in [9.17, 15) is 0 Å². The van der Waals surface area contributed by atoms with Crippen LogP contribution in [0.15, 0.2) is 42.7 Å². The minimum Gasteiger partial charge on any atom is -0.356 e. The molecule has 0 saturated carbocycles. The highest BCUT2D eigenvalue weighted by molar-refractivity contribution is 5.15. The van der Waals surface area contributed by atoms with Crippen LogP contribution in [-0.4, -0.2) is 22.5 Å². The van der Waals surface area contributed by atoms with Gasteiger partial charge in [0.15, 0.2) is 0 Å². The van der Waals surface area contributed by atoms with Gasteiger partial charge >= 0.3 is 0 Å². The Balaban J connectivity index is 1.70. The molecule has 0 bridgehead atoms. The molecule has 2 rings (SSSR count). The van der Waals surface area contributed by atoms with Gasteiger partial charge in [-0.1, -0.05) is 134 Å². The predicted molar refractivity (Wildman–Crippen MR) is 141 cm³/mol. The van der Waals surface area contributed by atoms with E-state index in [1.807, 2.05) is 0 Å². The summed E-state index contributed by atoms with van der Waals surface area (Å²) in [6.07, 6.45) is 29.0. The minimum atomic E-state index is 0.555. The van der Waals surface area contributed by atoms with Crippen molar-refractivity contribution >= 4 is 0 Å². The van der Waals surface area contributed by atoms with Crippen molar-refractivity contribution in [2.45, 2.75) is 136 Å². The standard InChI is InChI=1S/C30H52N2/c1-3-5-7-9-11-12-13-15-20-24-30-31(25-21-16-14-10-8-6-4-2)26-27-32(30)28-29-22-18-17-19-23-29/h17-19,22-23,26-27,30H,3-16,20-21,24-25,28H2,1-2H3. The summed E-state index contributed by atoms with van der Waals surface area (Å²) in [5.41, 5.74) is 1.42. The van der Waals surface area contributed by atoms with E-state index in [1.54, 1.807) is 0 Å². The molecule has 2 nitrogen and oxygen atoms in total. The molecule has 0 aliphatic carbocycles. The van der Waals surface area contributed by atoms with Gasteiger partial charge in [0.1, 0.15) is 6.17 Å². The van der Waals surface area contributed by atoms with E-state index < -0.39 is 0 Å². The number of rotatable bonds is 20. The van der Waals surface area contributed by atoms with Gasteiger partial charge in [0.25, 0.3) is 0 Å². The smallest absolute Gasteiger partial charge is 0.101 e. The maximum Gasteiger partial charge on any atom is 0.101 e. The molecule has 0 amide bonds. The van der Waals surface area contributed by atoms with Gasteiger partial charge in [0.2, 0.25) is 0 Å². The fourth-order valence-electron chi connectivity index (χ4n) is 4.96. The Kier molecular flexibility index (Phi) is 15.1. The molecule has 1 aromatic carbocycles. The summed E-state index contributed by atoms with van der Waals surface area (Å²) >= 11 is 0. The minimum absolute atomic E-state index is 0.555. The van der Waals surface area contributed by atoms with Gasteiger partial charge in [0.05, 0.1) is 0 Å². The summed E-state index contributed by atoms with van der Waals surface area (Å²) in [5, 5.41) is 0. The fourth-order valence-corrected chi connectivity index (χ4v) is 4.96. The maximum absolute atomic E-state index is 2.64. The van der Waals surface area contributed by atoms with Crippen LogP contribution in [0.1, 0.15) is 129 Å². The SMILES string of the molecule is CCCCCCCCCCCC1N(CCCCCCCCC)C=CN1Cc1ccccc1. The third-order valence-electron chi connectivity index (χ3n) is 7.01. The van der Waals surface area contributed by atoms with Crippen molar-refractivity contribution in [2.75, 3.05) is 6.54 Å². The second-order valence-electron chi connectivity index (χ2n) is 9.91. The Hall–Kier alpha value is -1.44. The molecule has 1 aliphatic rings. The van der Waals surface area contributed by atoms with Crippen molar-refractivity contribution in [3.63, 3.8) is 0 Å². The highest BCUT2D eigenvalue weighted by Gasteiger charge is 2.25. The number of hydrogen-bond acceptors (Lipinski definition) is 2. The molecule has 32 heavy (non-hydrogen) atoms. The van der Waals surface area contributed by atoms with Gasteiger partial charge < -0.3 is 9.80 Å². The highest BCUT2D eigenvalue weighted by Crippen LogP contribution is 2.25. The molecule has 1 aliphatic heterocycles. The molecule has 0 spiro atoms. The number of unbranched alkanes of at least 4 members (excludes halogenated alkanes) is 14. The highest BCUT2D eigenvalue weighted by atomic mass is 15.4. The lowest BCUT2D eigenvalue weighted by molar-refractivity contribution is 0.132. The summed E-state index contributed by atoms with van der Waals surface area (Å²) in [6.45, 7) is 6.86. The van der Waals surface area contributed by atoms with E-state index in [1.165, 1.54) is 121 Å². The number of hydrogen-bond donors (Lipinski definition) is 0. The molecule has 182 valence electrons. The van der Waals surface area contributed by atoms with E-state index in [0.717, 1.165) is 6.54 Å². The van der Waals surface area contributed by atoms with Gasteiger partial charge in [-0.25, -0.2) is 0 Å². The zero-order valence-electron chi connectivity index (χ0n) is 21.4. The summed E-state index contributed by atoms with van der Waals surface area (Å²) in [7, 11) is 0. The molecule has 0 radical (unpaired) electrons. The summed E-state index contributed by atoms with van der Waals surface area (Å²) in [6, 6.07) is 11.0. The average Bonchev–Trinajstić information content (AvgIpc) is 3.19. The molecule has 0 saturated heterocycles. The number of nitrogens with zero attached hydrogens (tertiary/aromatic N) is 2. The lowest BCUT2D eigenvalue weighted by atomic mass is 10.1. The zero-order chi connectivity index (χ0) is 22.7. The fraction of sp³-hybridized carbons (Fsp3) is 0.733. The first kappa shape index (κ1) is 26.8. The summed E-state index contributed by atoms with van der Waals surface area (Å²) < 4.78 is 0. The van der Waals surface area contributed by atoms with Crippen molar-refractivity contribution < 1.29 is 0 Å². The van der Waals surface area contributed by atoms with Crippen LogP contribution in [0.3, 0.4) is 0 Å². The van der Waals surface area contributed by atoms with Crippen molar-refractivity contribution in [1.82, 2.24) is 9.80 Å². The Morgan fingerprint density at radius 3 is 1.66 bits per heavy atom. The van der Waals surface area contributed by atoms with Crippen molar-refractivity contribution in [3.8, 4) is 0 Å². The first-order valence-electron chi connectivity index (χ1n) is 14.1. The van der Waals surface area contributed by atoms with Crippen LogP contribution in [0.5, 0.6) is 0 Å². The van der Waals surface area contributed by atoms with Crippen molar-refractivity contribution in [3.05, 3.63) is 48.3 Å². The van der Waals surface area contributed by atoms with Gasteiger partial charge in [-0.3, -0.25) is 0 Å². The van der Waals surface area contributed by atoms with Crippen LogP contribution in [-0.2, 0) is 6.54 Å². The molecular formula is C30H52N2.